The highest BCUT2D eigenvalue weighted by molar-refractivity contribution is 5.90. The summed E-state index contributed by atoms with van der Waals surface area (Å²) in [5, 5.41) is 3.14. The van der Waals surface area contributed by atoms with Crippen LogP contribution in [0.1, 0.15) is 21.6 Å². The van der Waals surface area contributed by atoms with Crippen molar-refractivity contribution in [2.24, 2.45) is 0 Å². The number of esters is 1. The zero-order chi connectivity index (χ0) is 20.1. The van der Waals surface area contributed by atoms with Gasteiger partial charge in [-0.1, -0.05) is 36.4 Å². The molecule has 0 saturated carbocycles. The average Bonchev–Trinajstić information content (AvgIpc) is 2.70. The summed E-state index contributed by atoms with van der Waals surface area (Å²) < 4.78 is 18.8. The minimum absolute atomic E-state index is 0.122. The quantitative estimate of drug-likeness (QED) is 0.491. The number of hydrogen-bond acceptors (Lipinski definition) is 5. The van der Waals surface area contributed by atoms with Crippen LogP contribution in [-0.2, 0) is 11.2 Å². The number of carbonyl (C=O) groups excluding carboxylic acids is 1. The molecule has 3 rings (SSSR count). The van der Waals surface area contributed by atoms with Crippen LogP contribution in [-0.4, -0.2) is 23.0 Å². The number of hydrogen-bond donors (Lipinski definition) is 1. The molecule has 3 aromatic rings. The monoisotopic (exact) mass is 377 g/mol. The lowest BCUT2D eigenvalue weighted by Crippen LogP contribution is -2.07. The normalized spacial score (nSPS) is 10.4. The number of nitrogens with one attached hydrogen (secondary N) is 1. The standard InChI is InChI=1S/C22H20FN3O2/c1-4-8-17-14(2)24-20(15-9-6-5-7-10-15)26-21(17)25-16-11-12-18(19(23)13-16)22(27)28-3/h4-7,9-13H,1,8H2,2-3H3,(H,24,25,26). The lowest BCUT2D eigenvalue weighted by atomic mass is 10.1. The van der Waals surface area contributed by atoms with Gasteiger partial charge < -0.3 is 10.1 Å². The van der Waals surface area contributed by atoms with Crippen LogP contribution in [0.5, 0.6) is 0 Å². The fourth-order valence-corrected chi connectivity index (χ4v) is 2.81. The molecule has 0 aliphatic rings. The lowest BCUT2D eigenvalue weighted by molar-refractivity contribution is 0.0595. The Bertz CT molecular complexity index is 1020. The molecule has 5 nitrogen and oxygen atoms in total. The molecule has 6 heteroatoms. The summed E-state index contributed by atoms with van der Waals surface area (Å²) in [7, 11) is 1.21. The molecule has 2 aromatic carbocycles. The number of anilines is 2. The molecule has 0 radical (unpaired) electrons. The van der Waals surface area contributed by atoms with Crippen molar-refractivity contribution in [3.05, 3.63) is 83.8 Å². The zero-order valence-electron chi connectivity index (χ0n) is 15.7. The third-order valence-corrected chi connectivity index (χ3v) is 4.23. The summed E-state index contributed by atoms with van der Waals surface area (Å²) in [5.74, 6) is -0.256. The van der Waals surface area contributed by atoms with E-state index in [1.54, 1.807) is 12.1 Å². The van der Waals surface area contributed by atoms with E-state index in [2.05, 4.69) is 26.6 Å². The topological polar surface area (TPSA) is 64.1 Å². The first-order chi connectivity index (χ1) is 13.5. The Hall–Kier alpha value is -3.54. The molecule has 0 spiro atoms. The molecule has 0 atom stereocenters. The van der Waals surface area contributed by atoms with Crippen molar-refractivity contribution in [2.75, 3.05) is 12.4 Å². The predicted octanol–water partition coefficient (Wildman–Crippen LogP) is 4.85. The fourth-order valence-electron chi connectivity index (χ4n) is 2.81. The summed E-state index contributed by atoms with van der Waals surface area (Å²) in [4.78, 5) is 20.8. The number of halogens is 1. The number of allylic oxidation sites excluding steroid dienone is 1. The van der Waals surface area contributed by atoms with Crippen molar-refractivity contribution < 1.29 is 13.9 Å². The highest BCUT2D eigenvalue weighted by Gasteiger charge is 2.15. The molecule has 0 saturated heterocycles. The summed E-state index contributed by atoms with van der Waals surface area (Å²) in [6.45, 7) is 5.69. The molecule has 0 amide bonds. The van der Waals surface area contributed by atoms with Crippen molar-refractivity contribution in [3.8, 4) is 11.4 Å². The Kier molecular flexibility index (Phi) is 5.79. The molecule has 1 N–H and O–H groups in total. The van der Waals surface area contributed by atoms with Crippen molar-refractivity contribution in [1.29, 1.82) is 0 Å². The van der Waals surface area contributed by atoms with Crippen LogP contribution in [0.4, 0.5) is 15.9 Å². The second-order valence-electron chi connectivity index (χ2n) is 6.13. The maximum absolute atomic E-state index is 14.3. The van der Waals surface area contributed by atoms with Gasteiger partial charge in [-0.3, -0.25) is 0 Å². The maximum atomic E-state index is 14.3. The predicted molar refractivity (Wildman–Crippen MR) is 107 cm³/mol. The van der Waals surface area contributed by atoms with Gasteiger partial charge in [0.05, 0.1) is 12.7 Å². The van der Waals surface area contributed by atoms with E-state index in [0.717, 1.165) is 16.8 Å². The number of benzene rings is 2. The molecule has 0 unspecified atom stereocenters. The molecule has 1 heterocycles. The number of carbonyl (C=O) groups is 1. The summed E-state index contributed by atoms with van der Waals surface area (Å²) >= 11 is 0. The first-order valence-electron chi connectivity index (χ1n) is 8.72. The molecular formula is C22H20FN3O2. The molecule has 0 aliphatic carbocycles. The third-order valence-electron chi connectivity index (χ3n) is 4.23. The minimum Gasteiger partial charge on any atom is -0.465 e. The summed E-state index contributed by atoms with van der Waals surface area (Å²) in [6.07, 6.45) is 2.33. The number of aryl methyl sites for hydroxylation is 1. The second-order valence-corrected chi connectivity index (χ2v) is 6.13. The Morgan fingerprint density at radius 2 is 1.96 bits per heavy atom. The van der Waals surface area contributed by atoms with E-state index in [4.69, 9.17) is 0 Å². The van der Waals surface area contributed by atoms with Gasteiger partial charge in [0.2, 0.25) is 0 Å². The van der Waals surface area contributed by atoms with Gasteiger partial charge in [-0.2, -0.15) is 0 Å². The highest BCUT2D eigenvalue weighted by atomic mass is 19.1. The second kappa shape index (κ2) is 8.43. The largest absolute Gasteiger partial charge is 0.465 e. The van der Waals surface area contributed by atoms with Gasteiger partial charge in [-0.25, -0.2) is 19.2 Å². The van der Waals surface area contributed by atoms with Gasteiger partial charge in [0.1, 0.15) is 11.6 Å². The fraction of sp³-hybridized carbons (Fsp3) is 0.136. The van der Waals surface area contributed by atoms with Gasteiger partial charge in [-0.05, 0) is 31.5 Å². The molecule has 0 aliphatic heterocycles. The van der Waals surface area contributed by atoms with Crippen LogP contribution in [0.2, 0.25) is 0 Å². The first kappa shape index (κ1) is 19.2. The Morgan fingerprint density at radius 3 is 2.61 bits per heavy atom. The van der Waals surface area contributed by atoms with Crippen LogP contribution in [0.15, 0.2) is 61.2 Å². The summed E-state index contributed by atoms with van der Waals surface area (Å²) in [5.41, 5.74) is 2.90. The summed E-state index contributed by atoms with van der Waals surface area (Å²) in [6, 6.07) is 13.8. The number of aromatic nitrogens is 2. The minimum atomic E-state index is -0.722. The third kappa shape index (κ3) is 4.06. The smallest absolute Gasteiger partial charge is 0.340 e. The van der Waals surface area contributed by atoms with E-state index >= 15 is 0 Å². The van der Waals surface area contributed by atoms with Gasteiger partial charge in [0.15, 0.2) is 5.82 Å². The van der Waals surface area contributed by atoms with E-state index in [-0.39, 0.29) is 5.56 Å². The van der Waals surface area contributed by atoms with E-state index in [9.17, 15) is 9.18 Å². The number of ether oxygens (including phenoxy) is 1. The molecule has 1 aromatic heterocycles. The van der Waals surface area contributed by atoms with Gasteiger partial charge in [0.25, 0.3) is 0 Å². The molecule has 0 fully saturated rings. The van der Waals surface area contributed by atoms with Gasteiger partial charge >= 0.3 is 5.97 Å². The molecular weight excluding hydrogens is 357 g/mol. The lowest BCUT2D eigenvalue weighted by Gasteiger charge is -2.15. The molecule has 142 valence electrons. The van der Waals surface area contributed by atoms with Crippen molar-refractivity contribution in [2.45, 2.75) is 13.3 Å². The molecule has 0 bridgehead atoms. The van der Waals surface area contributed by atoms with Crippen LogP contribution in [0.3, 0.4) is 0 Å². The van der Waals surface area contributed by atoms with E-state index < -0.39 is 11.8 Å². The van der Waals surface area contributed by atoms with E-state index in [0.29, 0.717) is 23.8 Å². The van der Waals surface area contributed by atoms with Gasteiger partial charge in [0, 0.05) is 22.5 Å². The SMILES string of the molecule is C=CCc1c(C)nc(-c2ccccc2)nc1Nc1ccc(C(=O)OC)c(F)c1. The Balaban J connectivity index is 2.02. The van der Waals surface area contributed by atoms with Crippen molar-refractivity contribution in [1.82, 2.24) is 9.97 Å². The highest BCUT2D eigenvalue weighted by Crippen LogP contribution is 2.26. The number of nitrogens with zero attached hydrogens (tertiary/aromatic N) is 2. The number of methoxy groups -OCH3 is 1. The van der Waals surface area contributed by atoms with Crippen LogP contribution in [0.25, 0.3) is 11.4 Å². The first-order valence-corrected chi connectivity index (χ1v) is 8.72. The Morgan fingerprint density at radius 1 is 1.21 bits per heavy atom. The van der Waals surface area contributed by atoms with Crippen LogP contribution < -0.4 is 5.32 Å². The maximum Gasteiger partial charge on any atom is 0.340 e. The molecule has 28 heavy (non-hydrogen) atoms. The van der Waals surface area contributed by atoms with Gasteiger partial charge in [-0.15, -0.1) is 6.58 Å². The van der Waals surface area contributed by atoms with Crippen molar-refractivity contribution in [3.63, 3.8) is 0 Å². The Labute approximate surface area is 162 Å². The number of rotatable bonds is 6. The van der Waals surface area contributed by atoms with Crippen LogP contribution >= 0.6 is 0 Å². The van der Waals surface area contributed by atoms with Crippen LogP contribution in [0, 0.1) is 12.7 Å². The van der Waals surface area contributed by atoms with Crippen molar-refractivity contribution >= 4 is 17.5 Å². The van der Waals surface area contributed by atoms with E-state index in [1.165, 1.54) is 19.2 Å². The van der Waals surface area contributed by atoms with E-state index in [1.807, 2.05) is 37.3 Å². The zero-order valence-corrected chi connectivity index (χ0v) is 15.7. The average molecular weight is 377 g/mol.